The van der Waals surface area contributed by atoms with Crippen molar-refractivity contribution in [2.45, 2.75) is 18.8 Å². The van der Waals surface area contributed by atoms with Crippen LogP contribution in [0.25, 0.3) is 10.4 Å². The molecule has 0 atom stereocenters. The third-order valence-electron chi connectivity index (χ3n) is 2.83. The van der Waals surface area contributed by atoms with E-state index in [-0.39, 0.29) is 5.56 Å². The van der Waals surface area contributed by atoms with Crippen molar-refractivity contribution < 1.29 is 8.78 Å². The second kappa shape index (κ2) is 3.77. The fraction of sp³-hybridized carbons (Fsp3) is 0.250. The molecule has 1 fully saturated rings. The topological polar surface area (TPSA) is 38.9 Å². The third kappa shape index (κ3) is 1.80. The maximum atomic E-state index is 13.7. The van der Waals surface area contributed by atoms with E-state index in [1.54, 1.807) is 6.07 Å². The molecule has 3 rings (SSSR count). The van der Waals surface area contributed by atoms with Gasteiger partial charge in [0.05, 0.1) is 10.6 Å². The standard InChI is InChI=1S/C12H10F2N2S/c13-8-3-1-2-7(9(8)14)11-10(6-4-5-6)16-12(15)17-11/h1-3,6H,4-5H2,(H2,15,16). The molecule has 1 saturated carbocycles. The van der Waals surface area contributed by atoms with Crippen LogP contribution in [0.15, 0.2) is 18.2 Å². The van der Waals surface area contributed by atoms with Gasteiger partial charge in [0.2, 0.25) is 0 Å². The third-order valence-corrected chi connectivity index (χ3v) is 3.76. The largest absolute Gasteiger partial charge is 0.375 e. The van der Waals surface area contributed by atoms with E-state index < -0.39 is 11.6 Å². The molecule has 0 bridgehead atoms. The van der Waals surface area contributed by atoms with Crippen molar-refractivity contribution in [1.29, 1.82) is 0 Å². The molecule has 0 spiro atoms. The summed E-state index contributed by atoms with van der Waals surface area (Å²) in [5, 5.41) is 0.408. The summed E-state index contributed by atoms with van der Waals surface area (Å²) in [6.45, 7) is 0. The maximum absolute atomic E-state index is 13.7. The molecular weight excluding hydrogens is 242 g/mol. The molecule has 0 radical (unpaired) electrons. The summed E-state index contributed by atoms with van der Waals surface area (Å²) in [5.74, 6) is -1.30. The zero-order chi connectivity index (χ0) is 12.0. The number of nitrogens with two attached hydrogens (primary N) is 1. The molecule has 1 aliphatic carbocycles. The van der Waals surface area contributed by atoms with E-state index in [1.807, 2.05) is 0 Å². The Kier molecular flexibility index (Phi) is 2.36. The first-order valence-electron chi connectivity index (χ1n) is 5.37. The van der Waals surface area contributed by atoms with Crippen LogP contribution in [0.4, 0.5) is 13.9 Å². The Morgan fingerprint density at radius 1 is 1.29 bits per heavy atom. The number of nitrogen functional groups attached to an aromatic ring is 1. The van der Waals surface area contributed by atoms with Gasteiger partial charge < -0.3 is 5.73 Å². The minimum absolute atomic E-state index is 0.265. The van der Waals surface area contributed by atoms with Crippen LogP contribution in [0, 0.1) is 11.6 Å². The van der Waals surface area contributed by atoms with Crippen LogP contribution in [0.5, 0.6) is 0 Å². The lowest BCUT2D eigenvalue weighted by molar-refractivity contribution is 0.511. The highest BCUT2D eigenvalue weighted by atomic mass is 32.1. The highest BCUT2D eigenvalue weighted by Crippen LogP contribution is 2.47. The number of hydrogen-bond acceptors (Lipinski definition) is 3. The summed E-state index contributed by atoms with van der Waals surface area (Å²) in [6.07, 6.45) is 2.10. The zero-order valence-corrected chi connectivity index (χ0v) is 9.73. The number of thiazole rings is 1. The molecule has 1 aromatic carbocycles. The van der Waals surface area contributed by atoms with Gasteiger partial charge in [0.25, 0.3) is 0 Å². The fourth-order valence-electron chi connectivity index (χ4n) is 1.85. The van der Waals surface area contributed by atoms with Gasteiger partial charge in [-0.25, -0.2) is 13.8 Å². The van der Waals surface area contributed by atoms with Gasteiger partial charge in [-0.2, -0.15) is 0 Å². The van der Waals surface area contributed by atoms with Gasteiger partial charge >= 0.3 is 0 Å². The minimum atomic E-state index is -0.837. The fourth-order valence-corrected chi connectivity index (χ4v) is 2.79. The van der Waals surface area contributed by atoms with Crippen LogP contribution < -0.4 is 5.73 Å². The molecule has 1 aliphatic rings. The van der Waals surface area contributed by atoms with Crippen LogP contribution in [-0.2, 0) is 0 Å². The van der Waals surface area contributed by atoms with Crippen LogP contribution in [0.2, 0.25) is 0 Å². The van der Waals surface area contributed by atoms with Crippen molar-refractivity contribution in [2.24, 2.45) is 0 Å². The second-order valence-corrected chi connectivity index (χ2v) is 5.17. The molecule has 1 aromatic heterocycles. The quantitative estimate of drug-likeness (QED) is 0.887. The number of aromatic nitrogens is 1. The highest BCUT2D eigenvalue weighted by Gasteiger charge is 2.30. The summed E-state index contributed by atoms with van der Waals surface area (Å²) in [5.41, 5.74) is 6.74. The van der Waals surface area contributed by atoms with Crippen LogP contribution in [0.3, 0.4) is 0 Å². The van der Waals surface area contributed by atoms with Crippen LogP contribution >= 0.6 is 11.3 Å². The monoisotopic (exact) mass is 252 g/mol. The summed E-state index contributed by atoms with van der Waals surface area (Å²) in [4.78, 5) is 4.90. The lowest BCUT2D eigenvalue weighted by atomic mass is 10.1. The number of hydrogen-bond donors (Lipinski definition) is 1. The van der Waals surface area contributed by atoms with E-state index >= 15 is 0 Å². The van der Waals surface area contributed by atoms with Gasteiger partial charge in [-0.3, -0.25) is 0 Å². The first kappa shape index (κ1) is 10.7. The second-order valence-electron chi connectivity index (χ2n) is 4.14. The molecule has 0 aliphatic heterocycles. The van der Waals surface area contributed by atoms with E-state index in [0.717, 1.165) is 24.6 Å². The van der Waals surface area contributed by atoms with Crippen molar-refractivity contribution in [3.8, 4) is 10.4 Å². The average Bonchev–Trinajstić information content (AvgIpc) is 3.06. The van der Waals surface area contributed by atoms with E-state index in [2.05, 4.69) is 4.98 Å². The number of anilines is 1. The Balaban J connectivity index is 2.17. The van der Waals surface area contributed by atoms with Crippen LogP contribution in [-0.4, -0.2) is 4.98 Å². The summed E-state index contributed by atoms with van der Waals surface area (Å²) in [7, 11) is 0. The summed E-state index contributed by atoms with van der Waals surface area (Å²) < 4.78 is 26.9. The smallest absolute Gasteiger partial charge is 0.180 e. The molecule has 2 N–H and O–H groups in total. The molecule has 0 amide bonds. The Bertz CT molecular complexity index is 576. The Hall–Kier alpha value is -1.49. The van der Waals surface area contributed by atoms with Gasteiger partial charge in [-0.15, -0.1) is 0 Å². The van der Waals surface area contributed by atoms with Gasteiger partial charge in [0.1, 0.15) is 0 Å². The average molecular weight is 252 g/mol. The molecule has 2 aromatic rings. The Labute approximate surface area is 101 Å². The molecule has 5 heteroatoms. The summed E-state index contributed by atoms with van der Waals surface area (Å²) in [6, 6.07) is 4.18. The number of nitrogens with zero attached hydrogens (tertiary/aromatic N) is 1. The van der Waals surface area contributed by atoms with E-state index in [9.17, 15) is 8.78 Å². The normalized spacial score (nSPS) is 15.2. The van der Waals surface area contributed by atoms with Crippen LogP contribution in [0.1, 0.15) is 24.5 Å². The van der Waals surface area contributed by atoms with E-state index in [4.69, 9.17) is 5.73 Å². The molecule has 0 saturated heterocycles. The molecule has 0 unspecified atom stereocenters. The number of benzene rings is 1. The maximum Gasteiger partial charge on any atom is 0.180 e. The number of halogens is 2. The molecule has 2 nitrogen and oxygen atoms in total. The van der Waals surface area contributed by atoms with Gasteiger partial charge in [0, 0.05) is 11.5 Å². The predicted molar refractivity (Wildman–Crippen MR) is 63.9 cm³/mol. The Morgan fingerprint density at radius 3 is 2.76 bits per heavy atom. The molecular formula is C12H10F2N2S. The van der Waals surface area contributed by atoms with Gasteiger partial charge in [-0.1, -0.05) is 23.5 Å². The van der Waals surface area contributed by atoms with Crippen molar-refractivity contribution >= 4 is 16.5 Å². The van der Waals surface area contributed by atoms with E-state index in [1.165, 1.54) is 17.4 Å². The van der Waals surface area contributed by atoms with Crippen molar-refractivity contribution in [3.63, 3.8) is 0 Å². The Morgan fingerprint density at radius 2 is 2.06 bits per heavy atom. The van der Waals surface area contributed by atoms with Crippen molar-refractivity contribution in [3.05, 3.63) is 35.5 Å². The van der Waals surface area contributed by atoms with Gasteiger partial charge in [0.15, 0.2) is 16.8 Å². The van der Waals surface area contributed by atoms with Gasteiger partial charge in [-0.05, 0) is 18.9 Å². The van der Waals surface area contributed by atoms with Crippen molar-refractivity contribution in [2.75, 3.05) is 5.73 Å². The zero-order valence-electron chi connectivity index (χ0n) is 8.91. The first-order valence-corrected chi connectivity index (χ1v) is 6.19. The predicted octanol–water partition coefficient (Wildman–Crippen LogP) is 3.55. The van der Waals surface area contributed by atoms with Crippen molar-refractivity contribution in [1.82, 2.24) is 4.98 Å². The summed E-state index contributed by atoms with van der Waals surface area (Å²) >= 11 is 1.22. The first-order chi connectivity index (χ1) is 8.16. The highest BCUT2D eigenvalue weighted by molar-refractivity contribution is 7.18. The minimum Gasteiger partial charge on any atom is -0.375 e. The lowest BCUT2D eigenvalue weighted by Gasteiger charge is -2.03. The molecule has 1 heterocycles. The molecule has 88 valence electrons. The SMILES string of the molecule is Nc1nc(C2CC2)c(-c2cccc(F)c2F)s1. The number of rotatable bonds is 2. The van der Waals surface area contributed by atoms with E-state index in [0.29, 0.717) is 15.9 Å². The molecule has 17 heavy (non-hydrogen) atoms. The lowest BCUT2D eigenvalue weighted by Crippen LogP contribution is -1.90.